The van der Waals surface area contributed by atoms with Crippen LogP contribution in [0.2, 0.25) is 0 Å². The maximum absolute atomic E-state index is 11.6. The highest BCUT2D eigenvalue weighted by molar-refractivity contribution is 5.98. The van der Waals surface area contributed by atoms with E-state index in [1.54, 1.807) is 12.1 Å². The third-order valence-electron chi connectivity index (χ3n) is 2.25. The Morgan fingerprint density at radius 1 is 1.25 bits per heavy atom. The molecule has 1 aromatic carbocycles. The zero-order valence-electron chi connectivity index (χ0n) is 9.06. The minimum atomic E-state index is -0.915. The van der Waals surface area contributed by atoms with E-state index in [0.717, 1.165) is 5.56 Å². The van der Waals surface area contributed by atoms with Gasteiger partial charge in [0.25, 0.3) is 0 Å². The fourth-order valence-electron chi connectivity index (χ4n) is 1.41. The molecule has 4 nitrogen and oxygen atoms in total. The van der Waals surface area contributed by atoms with Gasteiger partial charge in [0.1, 0.15) is 5.75 Å². The van der Waals surface area contributed by atoms with Crippen molar-refractivity contribution in [2.45, 2.75) is 26.2 Å². The number of carboxylic acids is 1. The molecule has 0 saturated heterocycles. The maximum atomic E-state index is 11.6. The van der Waals surface area contributed by atoms with Gasteiger partial charge < -0.3 is 10.2 Å². The van der Waals surface area contributed by atoms with Crippen molar-refractivity contribution in [1.29, 1.82) is 0 Å². The topological polar surface area (TPSA) is 74.6 Å². The number of rotatable bonds is 5. The summed E-state index contributed by atoms with van der Waals surface area (Å²) in [5, 5.41) is 17.9. The number of hydrogen-bond donors (Lipinski definition) is 2. The van der Waals surface area contributed by atoms with Gasteiger partial charge in [0, 0.05) is 12.8 Å². The molecule has 4 heteroatoms. The van der Waals surface area contributed by atoms with Crippen molar-refractivity contribution in [3.05, 3.63) is 29.3 Å². The molecule has 0 aliphatic rings. The molecule has 0 saturated carbocycles. The van der Waals surface area contributed by atoms with E-state index in [4.69, 9.17) is 5.11 Å². The van der Waals surface area contributed by atoms with Gasteiger partial charge in [0.2, 0.25) is 0 Å². The van der Waals surface area contributed by atoms with Gasteiger partial charge in [-0.05, 0) is 25.5 Å². The largest absolute Gasteiger partial charge is 0.507 e. The van der Waals surface area contributed by atoms with Crippen LogP contribution in [0.5, 0.6) is 5.75 Å². The molecule has 0 radical (unpaired) electrons. The molecule has 2 N–H and O–H groups in total. The molecule has 0 aliphatic heterocycles. The Labute approximate surface area is 93.5 Å². The predicted molar refractivity (Wildman–Crippen MR) is 58.7 cm³/mol. The van der Waals surface area contributed by atoms with Crippen LogP contribution in [0.1, 0.15) is 35.2 Å². The van der Waals surface area contributed by atoms with Crippen molar-refractivity contribution in [3.8, 4) is 5.75 Å². The highest BCUT2D eigenvalue weighted by Crippen LogP contribution is 2.20. The lowest BCUT2D eigenvalue weighted by Gasteiger charge is -2.04. The number of Topliss-reactive ketones (excluding diaryl/α,β-unsaturated/α-hetero) is 1. The first-order valence-corrected chi connectivity index (χ1v) is 5.05. The summed E-state index contributed by atoms with van der Waals surface area (Å²) in [4.78, 5) is 21.9. The van der Waals surface area contributed by atoms with Crippen LogP contribution in [0.4, 0.5) is 0 Å². The number of benzene rings is 1. The van der Waals surface area contributed by atoms with Gasteiger partial charge in [-0.15, -0.1) is 0 Å². The summed E-state index contributed by atoms with van der Waals surface area (Å²) in [5.41, 5.74) is 1.16. The molecular weight excluding hydrogens is 208 g/mol. The molecule has 16 heavy (non-hydrogen) atoms. The van der Waals surface area contributed by atoms with E-state index in [9.17, 15) is 14.7 Å². The van der Waals surface area contributed by atoms with E-state index >= 15 is 0 Å². The van der Waals surface area contributed by atoms with E-state index < -0.39 is 5.97 Å². The lowest BCUT2D eigenvalue weighted by atomic mass is 10.0. The Bertz CT molecular complexity index is 409. The van der Waals surface area contributed by atoms with Gasteiger partial charge in [-0.2, -0.15) is 0 Å². The van der Waals surface area contributed by atoms with Gasteiger partial charge in [-0.3, -0.25) is 9.59 Å². The molecule has 1 rings (SSSR count). The van der Waals surface area contributed by atoms with Crippen LogP contribution in [0.15, 0.2) is 18.2 Å². The van der Waals surface area contributed by atoms with Gasteiger partial charge in [0.15, 0.2) is 5.78 Å². The molecule has 0 unspecified atom stereocenters. The number of aryl methyl sites for hydroxylation is 1. The van der Waals surface area contributed by atoms with Gasteiger partial charge >= 0.3 is 5.97 Å². The lowest BCUT2D eigenvalue weighted by molar-refractivity contribution is -0.137. The lowest BCUT2D eigenvalue weighted by Crippen LogP contribution is -2.02. The SMILES string of the molecule is Cc1ccc(O)c(C(=O)CCCC(=O)O)c1. The molecule has 0 atom stereocenters. The Morgan fingerprint density at radius 2 is 1.94 bits per heavy atom. The molecule has 0 aliphatic carbocycles. The second-order valence-corrected chi connectivity index (χ2v) is 3.69. The summed E-state index contributed by atoms with van der Waals surface area (Å²) in [5.74, 6) is -1.19. The fraction of sp³-hybridized carbons (Fsp3) is 0.333. The normalized spacial score (nSPS) is 10.1. The average molecular weight is 222 g/mol. The van der Waals surface area contributed by atoms with Crippen LogP contribution >= 0.6 is 0 Å². The molecule has 1 aromatic rings. The second-order valence-electron chi connectivity index (χ2n) is 3.69. The third kappa shape index (κ3) is 3.38. The van der Waals surface area contributed by atoms with Crippen molar-refractivity contribution >= 4 is 11.8 Å². The average Bonchev–Trinajstić information content (AvgIpc) is 2.21. The summed E-state index contributed by atoms with van der Waals surface area (Å²) in [6.07, 6.45) is 0.406. The van der Waals surface area contributed by atoms with Crippen LogP contribution in [-0.2, 0) is 4.79 Å². The van der Waals surface area contributed by atoms with E-state index in [0.29, 0.717) is 6.42 Å². The van der Waals surface area contributed by atoms with Crippen molar-refractivity contribution in [1.82, 2.24) is 0 Å². The first-order valence-electron chi connectivity index (χ1n) is 5.05. The number of phenolic OH excluding ortho intramolecular Hbond substituents is 1. The van der Waals surface area contributed by atoms with E-state index in [1.165, 1.54) is 6.07 Å². The Hall–Kier alpha value is -1.84. The van der Waals surface area contributed by atoms with Crippen LogP contribution in [0, 0.1) is 6.92 Å². The molecule has 0 aromatic heterocycles. The summed E-state index contributed by atoms with van der Waals surface area (Å²) in [7, 11) is 0. The van der Waals surface area contributed by atoms with Crippen molar-refractivity contribution in [2.75, 3.05) is 0 Å². The van der Waals surface area contributed by atoms with Crippen LogP contribution < -0.4 is 0 Å². The van der Waals surface area contributed by atoms with Crippen molar-refractivity contribution in [3.63, 3.8) is 0 Å². The minimum absolute atomic E-state index is 0.0294. The van der Waals surface area contributed by atoms with Gasteiger partial charge in [0.05, 0.1) is 5.56 Å². The molecule has 0 spiro atoms. The van der Waals surface area contributed by atoms with Crippen LogP contribution in [0.25, 0.3) is 0 Å². The smallest absolute Gasteiger partial charge is 0.303 e. The van der Waals surface area contributed by atoms with Gasteiger partial charge in [-0.25, -0.2) is 0 Å². The predicted octanol–water partition coefficient (Wildman–Crippen LogP) is 2.14. The molecule has 0 bridgehead atoms. The number of hydrogen-bond acceptors (Lipinski definition) is 3. The Kier molecular flexibility index (Phi) is 4.05. The first kappa shape index (κ1) is 12.2. The number of aromatic hydroxyl groups is 1. The molecule has 0 amide bonds. The zero-order chi connectivity index (χ0) is 12.1. The molecule has 0 heterocycles. The third-order valence-corrected chi connectivity index (χ3v) is 2.25. The number of carbonyl (C=O) groups is 2. The van der Waals surface area contributed by atoms with E-state index in [-0.39, 0.29) is 29.9 Å². The summed E-state index contributed by atoms with van der Waals surface area (Å²) < 4.78 is 0. The fourth-order valence-corrected chi connectivity index (χ4v) is 1.41. The van der Waals surface area contributed by atoms with Crippen LogP contribution in [-0.4, -0.2) is 22.0 Å². The highest BCUT2D eigenvalue weighted by atomic mass is 16.4. The second kappa shape index (κ2) is 5.30. The molecular formula is C12H14O4. The zero-order valence-corrected chi connectivity index (χ0v) is 9.06. The quantitative estimate of drug-likeness (QED) is 0.748. The standard InChI is InChI=1S/C12H14O4/c1-8-5-6-11(14)9(7-8)10(13)3-2-4-12(15)16/h5-7,14H,2-4H2,1H3,(H,15,16). The van der Waals surface area contributed by atoms with Gasteiger partial charge in [-0.1, -0.05) is 11.6 Å². The number of carbonyl (C=O) groups excluding carboxylic acids is 1. The first-order chi connectivity index (χ1) is 7.50. The monoisotopic (exact) mass is 222 g/mol. The number of aliphatic carboxylic acids is 1. The van der Waals surface area contributed by atoms with E-state index in [2.05, 4.69) is 0 Å². The number of carboxylic acid groups (broad SMARTS) is 1. The molecule has 0 fully saturated rings. The van der Waals surface area contributed by atoms with E-state index in [1.807, 2.05) is 6.92 Å². The Morgan fingerprint density at radius 3 is 2.56 bits per heavy atom. The minimum Gasteiger partial charge on any atom is -0.507 e. The number of ketones is 1. The van der Waals surface area contributed by atoms with Crippen molar-refractivity contribution in [2.24, 2.45) is 0 Å². The maximum Gasteiger partial charge on any atom is 0.303 e. The van der Waals surface area contributed by atoms with Crippen LogP contribution in [0.3, 0.4) is 0 Å². The molecule has 86 valence electrons. The Balaban J connectivity index is 2.65. The summed E-state index contributed by atoms with van der Waals surface area (Å²) in [6.45, 7) is 1.83. The number of phenols is 1. The summed E-state index contributed by atoms with van der Waals surface area (Å²) in [6, 6.07) is 4.79. The highest BCUT2D eigenvalue weighted by Gasteiger charge is 2.11. The van der Waals surface area contributed by atoms with Crippen molar-refractivity contribution < 1.29 is 19.8 Å². The summed E-state index contributed by atoms with van der Waals surface area (Å²) >= 11 is 0.